The van der Waals surface area contributed by atoms with Crippen LogP contribution in [0, 0.1) is 17.2 Å². The van der Waals surface area contributed by atoms with E-state index in [-0.39, 0.29) is 17.0 Å². The summed E-state index contributed by atoms with van der Waals surface area (Å²) < 4.78 is 0. The summed E-state index contributed by atoms with van der Waals surface area (Å²) in [4.78, 5) is 4.15. The van der Waals surface area contributed by atoms with Crippen LogP contribution in [-0.2, 0) is 0 Å². The molecule has 0 amide bonds. The highest BCUT2D eigenvalue weighted by Crippen LogP contribution is 2.28. The second-order valence-electron chi connectivity index (χ2n) is 4.08. The van der Waals surface area contributed by atoms with E-state index in [1.165, 1.54) is 6.42 Å². The molecule has 0 aromatic heterocycles. The fourth-order valence-corrected chi connectivity index (χ4v) is 1.43. The molecule has 1 fully saturated rings. The fourth-order valence-electron chi connectivity index (χ4n) is 1.43. The molecule has 0 spiro atoms. The molecule has 0 aromatic rings. The van der Waals surface area contributed by atoms with Crippen LogP contribution in [0.1, 0.15) is 32.6 Å². The van der Waals surface area contributed by atoms with Crippen LogP contribution in [-0.4, -0.2) is 25.6 Å². The van der Waals surface area contributed by atoms with Gasteiger partial charge in [0.25, 0.3) is 0 Å². The molecule has 0 bridgehead atoms. The first-order chi connectivity index (χ1) is 7.27. The van der Waals surface area contributed by atoms with Gasteiger partial charge in [-0.1, -0.05) is 6.92 Å². The molecule has 0 aliphatic heterocycles. The molecular formula is C11H21BrN4. The predicted molar refractivity (Wildman–Crippen MR) is 71.9 cm³/mol. The Morgan fingerprint density at radius 2 is 2.19 bits per heavy atom. The Morgan fingerprint density at radius 3 is 2.69 bits per heavy atom. The number of hydrogen-bond donors (Lipinski definition) is 2. The predicted octanol–water partition coefficient (Wildman–Crippen LogP) is 1.83. The molecule has 1 aliphatic rings. The van der Waals surface area contributed by atoms with Crippen LogP contribution in [0.3, 0.4) is 0 Å². The zero-order valence-corrected chi connectivity index (χ0v) is 11.7. The Bertz CT molecular complexity index is 259. The van der Waals surface area contributed by atoms with Crippen molar-refractivity contribution in [1.82, 2.24) is 10.6 Å². The SMILES string of the molecule is Br.CN=C(NCCCCC#N)NC1CC1C. The molecule has 2 atom stereocenters. The van der Waals surface area contributed by atoms with Crippen molar-refractivity contribution in [2.45, 2.75) is 38.6 Å². The smallest absolute Gasteiger partial charge is 0.191 e. The highest BCUT2D eigenvalue weighted by atomic mass is 79.9. The third kappa shape index (κ3) is 5.96. The average Bonchev–Trinajstić information content (AvgIpc) is 2.92. The van der Waals surface area contributed by atoms with Gasteiger partial charge in [-0.25, -0.2) is 0 Å². The first-order valence-electron chi connectivity index (χ1n) is 5.62. The van der Waals surface area contributed by atoms with E-state index in [1.807, 2.05) is 0 Å². The van der Waals surface area contributed by atoms with Gasteiger partial charge in [-0.3, -0.25) is 4.99 Å². The van der Waals surface area contributed by atoms with Gasteiger partial charge in [0.2, 0.25) is 0 Å². The molecule has 1 aliphatic carbocycles. The van der Waals surface area contributed by atoms with E-state index in [1.54, 1.807) is 7.05 Å². The van der Waals surface area contributed by atoms with Crippen molar-refractivity contribution in [3.05, 3.63) is 0 Å². The van der Waals surface area contributed by atoms with Crippen LogP contribution in [0.15, 0.2) is 4.99 Å². The van der Waals surface area contributed by atoms with Crippen molar-refractivity contribution in [2.75, 3.05) is 13.6 Å². The van der Waals surface area contributed by atoms with Crippen LogP contribution in [0.2, 0.25) is 0 Å². The number of rotatable bonds is 5. The minimum Gasteiger partial charge on any atom is -0.356 e. The summed E-state index contributed by atoms with van der Waals surface area (Å²) in [7, 11) is 1.79. The molecule has 4 nitrogen and oxygen atoms in total. The lowest BCUT2D eigenvalue weighted by Crippen LogP contribution is -2.39. The third-order valence-corrected chi connectivity index (χ3v) is 2.66. The molecule has 1 saturated carbocycles. The Morgan fingerprint density at radius 1 is 1.50 bits per heavy atom. The monoisotopic (exact) mass is 288 g/mol. The number of nitrogens with zero attached hydrogens (tertiary/aromatic N) is 2. The summed E-state index contributed by atoms with van der Waals surface area (Å²) in [5.74, 6) is 1.67. The topological polar surface area (TPSA) is 60.2 Å². The van der Waals surface area contributed by atoms with Crippen LogP contribution in [0.4, 0.5) is 0 Å². The van der Waals surface area contributed by atoms with E-state index >= 15 is 0 Å². The number of hydrogen-bond acceptors (Lipinski definition) is 2. The first kappa shape index (κ1) is 15.2. The van der Waals surface area contributed by atoms with Gasteiger partial charge in [0.1, 0.15) is 0 Å². The summed E-state index contributed by atoms with van der Waals surface area (Å²) in [6, 6.07) is 2.75. The van der Waals surface area contributed by atoms with Gasteiger partial charge in [-0.05, 0) is 25.2 Å². The van der Waals surface area contributed by atoms with Crippen molar-refractivity contribution in [2.24, 2.45) is 10.9 Å². The molecule has 2 N–H and O–H groups in total. The highest BCUT2D eigenvalue weighted by molar-refractivity contribution is 8.93. The summed E-state index contributed by atoms with van der Waals surface area (Å²) >= 11 is 0. The molecule has 92 valence electrons. The van der Waals surface area contributed by atoms with Crippen LogP contribution in [0.25, 0.3) is 0 Å². The van der Waals surface area contributed by atoms with Crippen LogP contribution >= 0.6 is 17.0 Å². The number of unbranched alkanes of at least 4 members (excludes halogenated alkanes) is 2. The number of nitriles is 1. The maximum absolute atomic E-state index is 8.37. The summed E-state index contributed by atoms with van der Waals surface area (Å²) in [5.41, 5.74) is 0. The number of halogens is 1. The van der Waals surface area contributed by atoms with E-state index in [0.29, 0.717) is 12.5 Å². The maximum atomic E-state index is 8.37. The number of nitrogens with one attached hydrogen (secondary N) is 2. The average molecular weight is 289 g/mol. The highest BCUT2D eigenvalue weighted by Gasteiger charge is 2.32. The van der Waals surface area contributed by atoms with Gasteiger partial charge in [0.15, 0.2) is 5.96 Å². The summed E-state index contributed by atoms with van der Waals surface area (Å²) in [5, 5.41) is 15.0. The molecule has 0 saturated heterocycles. The number of guanidine groups is 1. The first-order valence-corrected chi connectivity index (χ1v) is 5.62. The molecule has 16 heavy (non-hydrogen) atoms. The normalized spacial score (nSPS) is 22.9. The van der Waals surface area contributed by atoms with Crippen molar-refractivity contribution >= 4 is 22.9 Å². The van der Waals surface area contributed by atoms with E-state index < -0.39 is 0 Å². The zero-order chi connectivity index (χ0) is 11.1. The second-order valence-corrected chi connectivity index (χ2v) is 4.08. The quantitative estimate of drug-likeness (QED) is 0.461. The van der Waals surface area contributed by atoms with E-state index in [0.717, 1.165) is 31.3 Å². The molecule has 0 radical (unpaired) electrons. The van der Waals surface area contributed by atoms with E-state index in [2.05, 4.69) is 28.6 Å². The molecular weight excluding hydrogens is 268 g/mol. The van der Waals surface area contributed by atoms with Gasteiger partial charge in [0.05, 0.1) is 6.07 Å². The van der Waals surface area contributed by atoms with Crippen LogP contribution < -0.4 is 10.6 Å². The van der Waals surface area contributed by atoms with Crippen LogP contribution in [0.5, 0.6) is 0 Å². The van der Waals surface area contributed by atoms with Crippen molar-refractivity contribution in [1.29, 1.82) is 5.26 Å². The standard InChI is InChI=1S/C11H20N4.BrH/c1-9-8-10(9)15-11(13-2)14-7-5-3-4-6-12;/h9-10H,3-5,7-8H2,1-2H3,(H2,13,14,15);1H. The molecule has 0 aromatic carbocycles. The van der Waals surface area contributed by atoms with Crippen molar-refractivity contribution in [3.8, 4) is 6.07 Å². The second kappa shape index (κ2) is 8.40. The maximum Gasteiger partial charge on any atom is 0.191 e. The van der Waals surface area contributed by atoms with Crippen molar-refractivity contribution < 1.29 is 0 Å². The summed E-state index contributed by atoms with van der Waals surface area (Å²) in [6.45, 7) is 3.13. The minimum atomic E-state index is 0. The minimum absolute atomic E-state index is 0. The Hall–Kier alpha value is -0.760. The van der Waals surface area contributed by atoms with Gasteiger partial charge in [-0.2, -0.15) is 5.26 Å². The van der Waals surface area contributed by atoms with E-state index in [9.17, 15) is 0 Å². The molecule has 1 rings (SSSR count). The van der Waals surface area contributed by atoms with E-state index in [4.69, 9.17) is 5.26 Å². The lowest BCUT2D eigenvalue weighted by molar-refractivity contribution is 0.698. The molecule has 2 unspecified atom stereocenters. The molecule has 0 heterocycles. The molecule has 5 heteroatoms. The van der Waals surface area contributed by atoms with Gasteiger partial charge < -0.3 is 10.6 Å². The Labute approximate surface area is 108 Å². The largest absolute Gasteiger partial charge is 0.356 e. The van der Waals surface area contributed by atoms with Gasteiger partial charge >= 0.3 is 0 Å². The fraction of sp³-hybridized carbons (Fsp3) is 0.818. The lowest BCUT2D eigenvalue weighted by atomic mass is 10.2. The zero-order valence-electron chi connectivity index (χ0n) is 9.99. The summed E-state index contributed by atoms with van der Waals surface area (Å²) in [6.07, 6.45) is 3.87. The Balaban J connectivity index is 0.00000225. The Kier molecular flexibility index (Phi) is 8.00. The van der Waals surface area contributed by atoms with Gasteiger partial charge in [0, 0.05) is 26.1 Å². The third-order valence-electron chi connectivity index (χ3n) is 2.66. The number of aliphatic imine (C=N–C) groups is 1. The lowest BCUT2D eigenvalue weighted by Gasteiger charge is -2.10. The van der Waals surface area contributed by atoms with Gasteiger partial charge in [-0.15, -0.1) is 17.0 Å². The van der Waals surface area contributed by atoms with Crippen molar-refractivity contribution in [3.63, 3.8) is 0 Å².